The van der Waals surface area contributed by atoms with Crippen molar-refractivity contribution in [2.75, 3.05) is 6.61 Å². The number of ether oxygens (including phenoxy) is 2. The van der Waals surface area contributed by atoms with Gasteiger partial charge in [-0.15, -0.1) is 11.3 Å². The molecule has 0 spiro atoms. The standard InChI is InChI=1S/C16H17Cl2NO4S2/c1-16(2)22-9-11(14(23-16)10-6-4-3-5-7-10)19-25(20,21)12-8-13(17)24-15(12)18/h3-8,11,14,19H,9H2,1-2H3. The van der Waals surface area contributed by atoms with Gasteiger partial charge in [-0.05, 0) is 25.5 Å². The molecule has 25 heavy (non-hydrogen) atoms. The molecule has 1 aromatic heterocycles. The summed E-state index contributed by atoms with van der Waals surface area (Å²) in [4.78, 5) is -0.0409. The van der Waals surface area contributed by atoms with Crippen molar-refractivity contribution in [3.05, 3.63) is 50.6 Å². The van der Waals surface area contributed by atoms with Crippen molar-refractivity contribution in [3.63, 3.8) is 0 Å². The predicted octanol–water partition coefficient (Wildman–Crippen LogP) is 4.23. The summed E-state index contributed by atoms with van der Waals surface area (Å²) in [5.74, 6) is -0.814. The van der Waals surface area contributed by atoms with Gasteiger partial charge in [-0.3, -0.25) is 0 Å². The van der Waals surface area contributed by atoms with Crippen LogP contribution in [0.5, 0.6) is 0 Å². The number of hydrogen-bond acceptors (Lipinski definition) is 5. The van der Waals surface area contributed by atoms with Gasteiger partial charge in [-0.2, -0.15) is 0 Å². The molecule has 2 atom stereocenters. The van der Waals surface area contributed by atoms with Crippen molar-refractivity contribution in [2.45, 2.75) is 36.7 Å². The van der Waals surface area contributed by atoms with Crippen molar-refractivity contribution >= 4 is 44.6 Å². The molecule has 0 radical (unpaired) electrons. The van der Waals surface area contributed by atoms with Gasteiger partial charge >= 0.3 is 0 Å². The van der Waals surface area contributed by atoms with Crippen LogP contribution in [0.2, 0.25) is 8.67 Å². The molecule has 1 aliphatic rings. The molecule has 136 valence electrons. The van der Waals surface area contributed by atoms with Crippen LogP contribution in [-0.4, -0.2) is 26.9 Å². The van der Waals surface area contributed by atoms with Gasteiger partial charge in [-0.1, -0.05) is 53.5 Å². The normalized spacial score (nSPS) is 23.5. The first-order chi connectivity index (χ1) is 11.7. The molecular weight excluding hydrogens is 405 g/mol. The van der Waals surface area contributed by atoms with E-state index in [9.17, 15) is 8.42 Å². The van der Waals surface area contributed by atoms with Gasteiger partial charge in [0.2, 0.25) is 10.0 Å². The predicted molar refractivity (Wildman–Crippen MR) is 98.7 cm³/mol. The second kappa shape index (κ2) is 7.15. The molecule has 2 aromatic rings. The Bertz CT molecular complexity index is 852. The average molecular weight is 422 g/mol. The zero-order valence-corrected chi connectivity index (χ0v) is 16.7. The number of nitrogens with one attached hydrogen (secondary N) is 1. The number of sulfonamides is 1. The van der Waals surface area contributed by atoms with E-state index in [0.29, 0.717) is 4.34 Å². The number of hydrogen-bond donors (Lipinski definition) is 1. The third-order valence-electron chi connectivity index (χ3n) is 3.74. The molecule has 0 saturated carbocycles. The molecule has 1 aromatic carbocycles. The fourth-order valence-electron chi connectivity index (χ4n) is 2.61. The summed E-state index contributed by atoms with van der Waals surface area (Å²) in [7, 11) is -3.86. The summed E-state index contributed by atoms with van der Waals surface area (Å²) in [6.45, 7) is 3.76. The Morgan fingerprint density at radius 3 is 2.52 bits per heavy atom. The second-order valence-corrected chi connectivity index (χ2v) is 10.0. The van der Waals surface area contributed by atoms with Crippen molar-refractivity contribution in [2.24, 2.45) is 0 Å². The lowest BCUT2D eigenvalue weighted by Crippen LogP contribution is -2.51. The average Bonchev–Trinajstić information content (AvgIpc) is 2.89. The summed E-state index contributed by atoms with van der Waals surface area (Å²) < 4.78 is 40.1. The maximum atomic E-state index is 12.7. The second-order valence-electron chi connectivity index (χ2n) is 6.08. The summed E-state index contributed by atoms with van der Waals surface area (Å²) >= 11 is 12.9. The highest BCUT2D eigenvalue weighted by molar-refractivity contribution is 7.89. The topological polar surface area (TPSA) is 64.6 Å². The van der Waals surface area contributed by atoms with Crippen LogP contribution >= 0.6 is 34.5 Å². The molecule has 1 N–H and O–H groups in total. The van der Waals surface area contributed by atoms with E-state index < -0.39 is 28.0 Å². The smallest absolute Gasteiger partial charge is 0.243 e. The van der Waals surface area contributed by atoms with Gasteiger partial charge in [-0.25, -0.2) is 13.1 Å². The summed E-state index contributed by atoms with van der Waals surface area (Å²) in [6.07, 6.45) is -0.493. The van der Waals surface area contributed by atoms with Crippen molar-refractivity contribution in [3.8, 4) is 0 Å². The first-order valence-corrected chi connectivity index (χ1v) is 10.6. The minimum atomic E-state index is -3.86. The quantitative estimate of drug-likeness (QED) is 0.801. The van der Waals surface area contributed by atoms with Gasteiger partial charge in [0.25, 0.3) is 0 Å². The lowest BCUT2D eigenvalue weighted by Gasteiger charge is -2.41. The van der Waals surface area contributed by atoms with E-state index in [4.69, 9.17) is 32.7 Å². The van der Waals surface area contributed by atoms with E-state index >= 15 is 0 Å². The van der Waals surface area contributed by atoms with E-state index in [0.717, 1.165) is 16.9 Å². The molecule has 0 aliphatic carbocycles. The van der Waals surface area contributed by atoms with Crippen molar-refractivity contribution in [1.82, 2.24) is 4.72 Å². The molecule has 0 bridgehead atoms. The molecule has 5 nitrogen and oxygen atoms in total. The zero-order chi connectivity index (χ0) is 18.2. The highest BCUT2D eigenvalue weighted by atomic mass is 35.5. The summed E-state index contributed by atoms with van der Waals surface area (Å²) in [5, 5.41) is 0. The molecule has 9 heteroatoms. The molecule has 2 heterocycles. The molecular formula is C16H17Cl2NO4S2. The van der Waals surface area contributed by atoms with Crippen LogP contribution in [0.1, 0.15) is 25.5 Å². The van der Waals surface area contributed by atoms with Crippen LogP contribution in [0.15, 0.2) is 41.3 Å². The summed E-state index contributed by atoms with van der Waals surface area (Å²) in [6, 6.07) is 10.2. The van der Waals surface area contributed by atoms with Gasteiger partial charge < -0.3 is 9.47 Å². The van der Waals surface area contributed by atoms with Crippen LogP contribution in [0, 0.1) is 0 Å². The van der Waals surface area contributed by atoms with E-state index in [1.165, 1.54) is 6.07 Å². The minimum Gasteiger partial charge on any atom is -0.349 e. The Balaban J connectivity index is 1.90. The zero-order valence-electron chi connectivity index (χ0n) is 13.5. The fraction of sp³-hybridized carbons (Fsp3) is 0.375. The number of halogens is 2. The Kier molecular flexibility index (Phi) is 5.46. The lowest BCUT2D eigenvalue weighted by molar-refractivity contribution is -0.283. The van der Waals surface area contributed by atoms with Gasteiger partial charge in [0.05, 0.1) is 17.0 Å². The summed E-state index contributed by atoms with van der Waals surface area (Å²) in [5.41, 5.74) is 0.862. The van der Waals surface area contributed by atoms with E-state index in [2.05, 4.69) is 4.72 Å². The number of thiophene rings is 1. The Hall–Kier alpha value is -0.670. The van der Waals surface area contributed by atoms with E-state index in [1.54, 1.807) is 13.8 Å². The Morgan fingerprint density at radius 2 is 1.92 bits per heavy atom. The molecule has 1 saturated heterocycles. The Morgan fingerprint density at radius 1 is 1.24 bits per heavy atom. The highest BCUT2D eigenvalue weighted by Crippen LogP contribution is 2.37. The van der Waals surface area contributed by atoms with E-state index in [1.807, 2.05) is 30.3 Å². The van der Waals surface area contributed by atoms with Crippen LogP contribution in [0.4, 0.5) is 0 Å². The van der Waals surface area contributed by atoms with Crippen LogP contribution in [0.3, 0.4) is 0 Å². The first kappa shape index (κ1) is 19.1. The third kappa shape index (κ3) is 4.36. The van der Waals surface area contributed by atoms with E-state index in [-0.39, 0.29) is 15.8 Å². The fourth-order valence-corrected chi connectivity index (χ4v) is 5.98. The largest absolute Gasteiger partial charge is 0.349 e. The van der Waals surface area contributed by atoms with Crippen LogP contribution in [0.25, 0.3) is 0 Å². The van der Waals surface area contributed by atoms with Gasteiger partial charge in [0, 0.05) is 0 Å². The Labute approximate surface area is 160 Å². The molecule has 1 aliphatic heterocycles. The monoisotopic (exact) mass is 421 g/mol. The van der Waals surface area contributed by atoms with Crippen LogP contribution < -0.4 is 4.72 Å². The van der Waals surface area contributed by atoms with Crippen LogP contribution in [-0.2, 0) is 19.5 Å². The minimum absolute atomic E-state index is 0.0409. The number of rotatable bonds is 4. The lowest BCUT2D eigenvalue weighted by atomic mass is 10.0. The van der Waals surface area contributed by atoms with Gasteiger partial charge in [0.15, 0.2) is 5.79 Å². The first-order valence-electron chi connectivity index (χ1n) is 7.52. The molecule has 2 unspecified atom stereocenters. The van der Waals surface area contributed by atoms with Crippen molar-refractivity contribution < 1.29 is 17.9 Å². The maximum Gasteiger partial charge on any atom is 0.243 e. The highest BCUT2D eigenvalue weighted by Gasteiger charge is 2.40. The maximum absolute atomic E-state index is 12.7. The molecule has 1 fully saturated rings. The van der Waals surface area contributed by atoms with Crippen molar-refractivity contribution in [1.29, 1.82) is 0 Å². The molecule has 0 amide bonds. The molecule has 3 rings (SSSR count). The van der Waals surface area contributed by atoms with Gasteiger partial charge in [0.1, 0.15) is 15.3 Å². The SMILES string of the molecule is CC1(C)OCC(NS(=O)(=O)c2cc(Cl)sc2Cl)C(c2ccccc2)O1. The number of benzene rings is 1. The third-order valence-corrected chi connectivity index (χ3v) is 6.98.